The van der Waals surface area contributed by atoms with E-state index in [-0.39, 0.29) is 5.41 Å². The van der Waals surface area contributed by atoms with Gasteiger partial charge in [0.1, 0.15) is 0 Å². The van der Waals surface area contributed by atoms with Gasteiger partial charge in [0.25, 0.3) is 0 Å². The molecule has 0 aliphatic heterocycles. The molecule has 0 nitrogen and oxygen atoms in total. The highest BCUT2D eigenvalue weighted by atomic mass is 14.5. The zero-order chi connectivity index (χ0) is 29.5. The van der Waals surface area contributed by atoms with Crippen LogP contribution in [-0.4, -0.2) is 0 Å². The lowest BCUT2D eigenvalue weighted by molar-refractivity contribution is 0.235. The first-order valence-corrected chi connectivity index (χ1v) is 15.9. The summed E-state index contributed by atoms with van der Waals surface area (Å²) in [5.74, 6) is 0. The van der Waals surface area contributed by atoms with E-state index in [1.54, 1.807) is 11.1 Å². The van der Waals surface area contributed by atoms with Gasteiger partial charge in [-0.2, -0.15) is 0 Å². The van der Waals surface area contributed by atoms with Crippen LogP contribution in [0.5, 0.6) is 0 Å². The number of aryl methyl sites for hydroxylation is 4. The Labute approximate surface area is 253 Å². The first kappa shape index (κ1) is 27.2. The van der Waals surface area contributed by atoms with Crippen LogP contribution in [0.1, 0.15) is 86.0 Å². The number of allylic oxidation sites excluding steroid dienone is 2. The van der Waals surface area contributed by atoms with Crippen LogP contribution in [0.4, 0.5) is 0 Å². The summed E-state index contributed by atoms with van der Waals surface area (Å²) in [4.78, 5) is 0. The van der Waals surface area contributed by atoms with E-state index < -0.39 is 0 Å². The van der Waals surface area contributed by atoms with E-state index >= 15 is 0 Å². The maximum absolute atomic E-state index is 2.61. The molecule has 1 fully saturated rings. The number of fused-ring (bicyclic) bond motifs is 2. The fraction of sp³-hybridized carbons (Fsp3) is 0.333. The van der Waals surface area contributed by atoms with Gasteiger partial charge in [-0.05, 0) is 170 Å². The van der Waals surface area contributed by atoms with Crippen molar-refractivity contribution in [2.45, 2.75) is 87.5 Å². The molecule has 0 radical (unpaired) electrons. The summed E-state index contributed by atoms with van der Waals surface area (Å²) < 4.78 is 0. The van der Waals surface area contributed by atoms with Crippen LogP contribution in [0.25, 0.3) is 34.4 Å². The highest BCUT2D eigenvalue weighted by molar-refractivity contribution is 5.88. The third-order valence-electron chi connectivity index (χ3n) is 11.5. The topological polar surface area (TPSA) is 0 Å². The van der Waals surface area contributed by atoms with Gasteiger partial charge in [-0.25, -0.2) is 0 Å². The van der Waals surface area contributed by atoms with Gasteiger partial charge in [0.15, 0.2) is 0 Å². The van der Waals surface area contributed by atoms with E-state index in [2.05, 4.69) is 116 Å². The summed E-state index contributed by atoms with van der Waals surface area (Å²) in [6.07, 6.45) is 11.3. The standard InChI is InChI=1S/C42H44/c1-24-18-25(2)29(6)40(28(24)5)36-14-9-12-32-20-34(22-38(32)36)42(16-11-17-42)35-21-33-13-10-15-37(39(33)23-35)41-30(7)26(3)19-27(4)31(41)8/h9-10,12-15,18-19,22-23H,11,16-17,20-21H2,1-8H3. The minimum Gasteiger partial charge on any atom is -0.0613 e. The predicted molar refractivity (Wildman–Crippen MR) is 181 cm³/mol. The molecule has 42 heavy (non-hydrogen) atoms. The van der Waals surface area contributed by atoms with Crippen LogP contribution in [0, 0.1) is 60.8 Å². The van der Waals surface area contributed by atoms with Gasteiger partial charge in [0, 0.05) is 5.41 Å². The Morgan fingerprint density at radius 1 is 0.500 bits per heavy atom. The van der Waals surface area contributed by atoms with E-state index in [0.717, 1.165) is 12.8 Å². The number of hydrogen-bond acceptors (Lipinski definition) is 0. The second-order valence-corrected chi connectivity index (χ2v) is 13.7. The van der Waals surface area contributed by atoms with Crippen LogP contribution >= 0.6 is 0 Å². The van der Waals surface area contributed by atoms with Gasteiger partial charge in [0.05, 0.1) is 0 Å². The molecule has 0 atom stereocenters. The Bertz CT molecular complexity index is 1680. The van der Waals surface area contributed by atoms with Crippen LogP contribution < -0.4 is 0 Å². The van der Waals surface area contributed by atoms with Gasteiger partial charge >= 0.3 is 0 Å². The maximum atomic E-state index is 2.61. The van der Waals surface area contributed by atoms with Crippen molar-refractivity contribution in [1.82, 2.24) is 0 Å². The highest BCUT2D eigenvalue weighted by Gasteiger charge is 2.46. The number of benzene rings is 4. The lowest BCUT2D eigenvalue weighted by Gasteiger charge is -2.45. The van der Waals surface area contributed by atoms with E-state index in [0.29, 0.717) is 0 Å². The molecule has 3 aliphatic carbocycles. The van der Waals surface area contributed by atoms with Crippen molar-refractivity contribution in [2.24, 2.45) is 5.41 Å². The maximum Gasteiger partial charge on any atom is 0.0134 e. The average molecular weight is 549 g/mol. The second-order valence-electron chi connectivity index (χ2n) is 13.7. The predicted octanol–water partition coefficient (Wildman–Crippen LogP) is 11.2. The van der Waals surface area contributed by atoms with Crippen molar-refractivity contribution in [2.75, 3.05) is 0 Å². The lowest BCUT2D eigenvalue weighted by Crippen LogP contribution is -2.34. The molecule has 0 heterocycles. The Morgan fingerprint density at radius 2 is 0.881 bits per heavy atom. The molecule has 0 spiro atoms. The Kier molecular flexibility index (Phi) is 6.28. The third-order valence-corrected chi connectivity index (χ3v) is 11.5. The zero-order valence-corrected chi connectivity index (χ0v) is 26.8. The minimum atomic E-state index is 0.200. The molecular formula is C42H44. The van der Waals surface area contributed by atoms with Gasteiger partial charge < -0.3 is 0 Å². The minimum absolute atomic E-state index is 0.200. The van der Waals surface area contributed by atoms with Crippen molar-refractivity contribution in [3.63, 3.8) is 0 Å². The first-order valence-electron chi connectivity index (χ1n) is 15.9. The summed E-state index contributed by atoms with van der Waals surface area (Å²) >= 11 is 0. The number of hydrogen-bond donors (Lipinski definition) is 0. The van der Waals surface area contributed by atoms with E-state index in [9.17, 15) is 0 Å². The Hall–Kier alpha value is -3.64. The van der Waals surface area contributed by atoms with Crippen molar-refractivity contribution in [1.29, 1.82) is 0 Å². The van der Waals surface area contributed by atoms with Crippen LogP contribution in [0.3, 0.4) is 0 Å². The lowest BCUT2D eigenvalue weighted by atomic mass is 9.59. The summed E-state index contributed by atoms with van der Waals surface area (Å²) in [5.41, 5.74) is 26.4. The summed E-state index contributed by atoms with van der Waals surface area (Å²) in [6.45, 7) is 18.3. The highest BCUT2D eigenvalue weighted by Crippen LogP contribution is 2.59. The van der Waals surface area contributed by atoms with Gasteiger partial charge in [-0.3, -0.25) is 0 Å². The quantitative estimate of drug-likeness (QED) is 0.238. The van der Waals surface area contributed by atoms with Crippen LogP contribution in [0.2, 0.25) is 0 Å². The van der Waals surface area contributed by atoms with Crippen molar-refractivity contribution < 1.29 is 0 Å². The fourth-order valence-corrected chi connectivity index (χ4v) is 8.41. The van der Waals surface area contributed by atoms with Crippen molar-refractivity contribution in [3.8, 4) is 22.3 Å². The second kappa shape index (κ2) is 9.70. The molecule has 4 aromatic carbocycles. The zero-order valence-electron chi connectivity index (χ0n) is 26.8. The van der Waals surface area contributed by atoms with Crippen molar-refractivity contribution in [3.05, 3.63) is 126 Å². The van der Waals surface area contributed by atoms with Crippen LogP contribution in [-0.2, 0) is 12.8 Å². The third kappa shape index (κ3) is 3.87. The molecule has 0 saturated heterocycles. The monoisotopic (exact) mass is 548 g/mol. The molecule has 4 aromatic rings. The van der Waals surface area contributed by atoms with Gasteiger partial charge in [-0.15, -0.1) is 0 Å². The molecule has 0 amide bonds. The summed E-state index contributed by atoms with van der Waals surface area (Å²) in [6, 6.07) is 18.8. The molecule has 0 heteroatoms. The fourth-order valence-electron chi connectivity index (χ4n) is 8.41. The van der Waals surface area contributed by atoms with Gasteiger partial charge in [0.2, 0.25) is 0 Å². The van der Waals surface area contributed by atoms with E-state index in [1.165, 1.54) is 108 Å². The molecule has 0 bridgehead atoms. The van der Waals surface area contributed by atoms with E-state index in [4.69, 9.17) is 0 Å². The van der Waals surface area contributed by atoms with E-state index in [1.807, 2.05) is 0 Å². The SMILES string of the molecule is Cc1cc(C)c(C)c(-c2cccc3c2C=C(C2(C4=Cc5c(cccc5-c5c(C)c(C)cc(C)c5C)C4)CCC2)C3)c1C. The Morgan fingerprint density at radius 3 is 1.21 bits per heavy atom. The normalized spacial score (nSPS) is 16.6. The molecule has 212 valence electrons. The molecule has 1 saturated carbocycles. The molecule has 3 aliphatic rings. The summed E-state index contributed by atoms with van der Waals surface area (Å²) in [7, 11) is 0. The smallest absolute Gasteiger partial charge is 0.0134 e. The van der Waals surface area contributed by atoms with Crippen LogP contribution in [0.15, 0.2) is 59.7 Å². The summed E-state index contributed by atoms with van der Waals surface area (Å²) in [5, 5.41) is 0. The van der Waals surface area contributed by atoms with Crippen molar-refractivity contribution >= 4 is 12.2 Å². The largest absolute Gasteiger partial charge is 0.0613 e. The molecule has 0 unspecified atom stereocenters. The molecule has 0 N–H and O–H groups in total. The molecule has 7 rings (SSSR count). The molecule has 0 aromatic heterocycles. The number of rotatable bonds is 4. The molecular weight excluding hydrogens is 504 g/mol. The first-order chi connectivity index (χ1) is 20.1. The van der Waals surface area contributed by atoms with Gasteiger partial charge in [-0.1, -0.05) is 78.3 Å². The Balaban J connectivity index is 1.33. The average Bonchev–Trinajstić information content (AvgIpc) is 3.56.